The average molecular weight is 321 g/mol. The molecule has 0 unspecified atom stereocenters. The number of nitrogen functional groups attached to an aromatic ring is 1. The van der Waals surface area contributed by atoms with E-state index in [0.717, 1.165) is 43.3 Å². The Labute approximate surface area is 137 Å². The molecular formula is C17H15N5S. The number of nitrogens with two attached hydrogens (primary N) is 1. The lowest BCUT2D eigenvalue weighted by Gasteiger charge is -2.08. The third-order valence-electron chi connectivity index (χ3n) is 3.93. The van der Waals surface area contributed by atoms with Crippen LogP contribution in [-0.2, 0) is 7.05 Å². The number of rotatable bonds is 2. The fourth-order valence-electron chi connectivity index (χ4n) is 2.71. The third-order valence-corrected chi connectivity index (χ3v) is 4.95. The van der Waals surface area contributed by atoms with Gasteiger partial charge in [0.25, 0.3) is 0 Å². The minimum atomic E-state index is 0.798. The molecule has 6 heteroatoms. The van der Waals surface area contributed by atoms with Crippen LogP contribution in [-0.4, -0.2) is 19.5 Å². The molecule has 0 bridgehead atoms. The van der Waals surface area contributed by atoms with Crippen LogP contribution in [0.15, 0.2) is 43.1 Å². The van der Waals surface area contributed by atoms with E-state index in [2.05, 4.69) is 16.0 Å². The van der Waals surface area contributed by atoms with Crippen molar-refractivity contribution in [3.63, 3.8) is 0 Å². The topological polar surface area (TPSA) is 69.6 Å². The highest BCUT2D eigenvalue weighted by atomic mass is 32.1. The summed E-state index contributed by atoms with van der Waals surface area (Å²) in [6.45, 7) is 2.03. The lowest BCUT2D eigenvalue weighted by molar-refractivity contribution is 0.922. The van der Waals surface area contributed by atoms with Gasteiger partial charge in [-0.15, -0.1) is 11.3 Å². The predicted molar refractivity (Wildman–Crippen MR) is 94.2 cm³/mol. The molecule has 5 nitrogen and oxygen atoms in total. The Morgan fingerprint density at radius 3 is 2.78 bits per heavy atom. The van der Waals surface area contributed by atoms with Gasteiger partial charge in [0.15, 0.2) is 0 Å². The number of pyridine rings is 2. The summed E-state index contributed by atoms with van der Waals surface area (Å²) < 4.78 is 1.99. The van der Waals surface area contributed by atoms with Gasteiger partial charge in [-0.05, 0) is 25.1 Å². The lowest BCUT2D eigenvalue weighted by Crippen LogP contribution is -1.95. The monoisotopic (exact) mass is 321 g/mol. The normalized spacial score (nSPS) is 11.2. The molecule has 0 atom stereocenters. The summed E-state index contributed by atoms with van der Waals surface area (Å²) in [5.41, 5.74) is 11.1. The van der Waals surface area contributed by atoms with E-state index in [1.807, 2.05) is 43.1 Å². The van der Waals surface area contributed by atoms with Crippen LogP contribution in [0, 0.1) is 6.92 Å². The van der Waals surface area contributed by atoms with Crippen molar-refractivity contribution in [1.29, 1.82) is 0 Å². The van der Waals surface area contributed by atoms with E-state index < -0.39 is 0 Å². The molecule has 23 heavy (non-hydrogen) atoms. The quantitative estimate of drug-likeness (QED) is 0.612. The van der Waals surface area contributed by atoms with Gasteiger partial charge in [0.1, 0.15) is 4.83 Å². The van der Waals surface area contributed by atoms with E-state index in [1.165, 1.54) is 0 Å². The van der Waals surface area contributed by atoms with Gasteiger partial charge in [0, 0.05) is 40.8 Å². The highest BCUT2D eigenvalue weighted by molar-refractivity contribution is 7.19. The largest absolute Gasteiger partial charge is 0.397 e. The highest BCUT2D eigenvalue weighted by Crippen LogP contribution is 2.40. The average Bonchev–Trinajstić information content (AvgIpc) is 3.11. The molecule has 0 aromatic carbocycles. The van der Waals surface area contributed by atoms with E-state index in [1.54, 1.807) is 23.9 Å². The zero-order valence-corrected chi connectivity index (χ0v) is 13.6. The van der Waals surface area contributed by atoms with Crippen molar-refractivity contribution in [3.8, 4) is 22.5 Å². The van der Waals surface area contributed by atoms with Crippen molar-refractivity contribution < 1.29 is 0 Å². The summed E-state index contributed by atoms with van der Waals surface area (Å²) in [5, 5.41) is 1.00. The number of nitrogens with zero attached hydrogens (tertiary/aromatic N) is 4. The van der Waals surface area contributed by atoms with Crippen molar-refractivity contribution in [2.45, 2.75) is 6.92 Å². The smallest absolute Gasteiger partial charge is 0.127 e. The summed E-state index contributed by atoms with van der Waals surface area (Å²) in [6.07, 6.45) is 7.23. The van der Waals surface area contributed by atoms with Crippen LogP contribution >= 0.6 is 11.3 Å². The number of thiophene rings is 1. The van der Waals surface area contributed by atoms with Gasteiger partial charge < -0.3 is 10.3 Å². The molecule has 0 aliphatic rings. The van der Waals surface area contributed by atoms with Crippen molar-refractivity contribution in [1.82, 2.24) is 19.5 Å². The number of aryl methyl sites for hydroxylation is 2. The van der Waals surface area contributed by atoms with Crippen molar-refractivity contribution in [2.75, 3.05) is 5.73 Å². The summed E-state index contributed by atoms with van der Waals surface area (Å²) in [7, 11) is 1.98. The van der Waals surface area contributed by atoms with Crippen LogP contribution in [0.5, 0.6) is 0 Å². The molecule has 0 saturated heterocycles. The van der Waals surface area contributed by atoms with Crippen LogP contribution in [0.1, 0.15) is 4.88 Å². The summed E-state index contributed by atoms with van der Waals surface area (Å²) >= 11 is 1.62. The molecule has 4 aromatic heterocycles. The second-order valence-corrected chi connectivity index (χ2v) is 6.64. The first-order valence-corrected chi connectivity index (χ1v) is 8.03. The van der Waals surface area contributed by atoms with Crippen LogP contribution in [0.25, 0.3) is 32.7 Å². The minimum absolute atomic E-state index is 0.798. The fraction of sp³-hybridized carbons (Fsp3) is 0.118. The molecular weight excluding hydrogens is 306 g/mol. The zero-order chi connectivity index (χ0) is 16.0. The van der Waals surface area contributed by atoms with Gasteiger partial charge in [0.05, 0.1) is 29.6 Å². The Kier molecular flexibility index (Phi) is 3.12. The Morgan fingerprint density at radius 2 is 2.09 bits per heavy atom. The van der Waals surface area contributed by atoms with E-state index in [4.69, 9.17) is 10.7 Å². The molecule has 0 amide bonds. The minimum Gasteiger partial charge on any atom is -0.397 e. The van der Waals surface area contributed by atoms with E-state index >= 15 is 0 Å². The Morgan fingerprint density at radius 1 is 1.22 bits per heavy atom. The van der Waals surface area contributed by atoms with Gasteiger partial charge in [-0.2, -0.15) is 0 Å². The van der Waals surface area contributed by atoms with Gasteiger partial charge in [-0.25, -0.2) is 9.97 Å². The molecule has 0 radical (unpaired) electrons. The van der Waals surface area contributed by atoms with Gasteiger partial charge in [-0.1, -0.05) is 0 Å². The number of hydrogen-bond acceptors (Lipinski definition) is 5. The van der Waals surface area contributed by atoms with Crippen molar-refractivity contribution >= 4 is 27.2 Å². The van der Waals surface area contributed by atoms with Gasteiger partial charge in [0.2, 0.25) is 0 Å². The molecule has 114 valence electrons. The number of aromatic nitrogens is 4. The molecule has 4 heterocycles. The highest BCUT2D eigenvalue weighted by Gasteiger charge is 2.17. The van der Waals surface area contributed by atoms with E-state index in [-0.39, 0.29) is 0 Å². The van der Waals surface area contributed by atoms with Crippen LogP contribution in [0.2, 0.25) is 0 Å². The first kappa shape index (κ1) is 13.9. The number of anilines is 1. The maximum Gasteiger partial charge on any atom is 0.127 e. The fourth-order valence-corrected chi connectivity index (χ4v) is 3.68. The van der Waals surface area contributed by atoms with Crippen molar-refractivity contribution in [3.05, 3.63) is 48.0 Å². The van der Waals surface area contributed by atoms with Crippen molar-refractivity contribution in [2.24, 2.45) is 7.05 Å². The van der Waals surface area contributed by atoms with E-state index in [0.29, 0.717) is 0 Å². The predicted octanol–water partition coefficient (Wildman–Crippen LogP) is 3.65. The summed E-state index contributed by atoms with van der Waals surface area (Å²) in [4.78, 5) is 15.3. The molecule has 0 fully saturated rings. The van der Waals surface area contributed by atoms with Crippen LogP contribution < -0.4 is 5.73 Å². The summed E-state index contributed by atoms with van der Waals surface area (Å²) in [6, 6.07) is 6.00. The summed E-state index contributed by atoms with van der Waals surface area (Å²) in [5.74, 6) is 0. The van der Waals surface area contributed by atoms with Gasteiger partial charge >= 0.3 is 0 Å². The molecule has 0 saturated carbocycles. The Bertz CT molecular complexity index is 1000. The van der Waals surface area contributed by atoms with Gasteiger partial charge in [-0.3, -0.25) is 4.98 Å². The first-order valence-electron chi connectivity index (χ1n) is 7.22. The molecule has 0 spiro atoms. The lowest BCUT2D eigenvalue weighted by atomic mass is 10.0. The second kappa shape index (κ2) is 5.17. The van der Waals surface area contributed by atoms with Crippen LogP contribution in [0.4, 0.5) is 5.69 Å². The molecule has 0 aliphatic heterocycles. The number of imidazole rings is 1. The zero-order valence-electron chi connectivity index (χ0n) is 12.8. The number of hydrogen-bond donors (Lipinski definition) is 1. The third kappa shape index (κ3) is 2.19. The van der Waals surface area contributed by atoms with E-state index in [9.17, 15) is 0 Å². The van der Waals surface area contributed by atoms with Crippen LogP contribution in [0.3, 0.4) is 0 Å². The second-order valence-electron chi connectivity index (χ2n) is 5.44. The molecule has 2 N–H and O–H groups in total. The standard InChI is InChI=1S/C17H15N5S/c1-10-16(18)15-12(14-8-20-9-22(14)2)6-13(21-17(15)23-10)11-4-3-5-19-7-11/h3-9H,18H2,1-2H3. The number of fused-ring (bicyclic) bond motifs is 1. The molecule has 4 rings (SSSR count). The maximum atomic E-state index is 6.31. The first-order chi connectivity index (χ1) is 11.1. The SMILES string of the molecule is Cc1sc2nc(-c3cccnc3)cc(-c3cncn3C)c2c1N. The molecule has 0 aliphatic carbocycles. The molecule has 4 aromatic rings. The maximum absolute atomic E-state index is 6.31. The Hall–Kier alpha value is -2.73. The Balaban J connectivity index is 2.08.